The molecule has 0 spiro atoms. The third kappa shape index (κ3) is 15.3. The smallest absolute Gasteiger partial charge is 0.171 e. The van der Waals surface area contributed by atoms with Crippen molar-refractivity contribution in [3.05, 3.63) is 65.7 Å². The maximum atomic E-state index is 10.9. The lowest BCUT2D eigenvalue weighted by atomic mass is 10.1. The van der Waals surface area contributed by atoms with Crippen LogP contribution in [-0.2, 0) is 26.5 Å². The topological polar surface area (TPSA) is 37.3 Å². The van der Waals surface area contributed by atoms with E-state index in [1.54, 1.807) is 24.3 Å². The maximum Gasteiger partial charge on any atom is 0.171 e. The van der Waals surface area contributed by atoms with E-state index in [9.17, 15) is 4.21 Å². The van der Waals surface area contributed by atoms with E-state index < -0.39 is 8.77 Å². The molecule has 2 rings (SSSR count). The molecule has 3 nitrogen and oxygen atoms in total. The van der Waals surface area contributed by atoms with Crippen molar-refractivity contribution >= 4 is 20.0 Å². The molecule has 186 valence electrons. The van der Waals surface area contributed by atoms with Crippen molar-refractivity contribution < 1.29 is 13.2 Å². The zero-order valence-corrected chi connectivity index (χ0v) is 22.9. The van der Waals surface area contributed by atoms with E-state index >= 15 is 0 Å². The van der Waals surface area contributed by atoms with E-state index in [0.717, 1.165) is 16.6 Å². The summed E-state index contributed by atoms with van der Waals surface area (Å²) in [5, 5.41) is 0. The van der Waals surface area contributed by atoms with E-state index in [1.165, 1.54) is 76.3 Å². The van der Waals surface area contributed by atoms with Gasteiger partial charge in [0.25, 0.3) is 0 Å². The molecule has 33 heavy (non-hydrogen) atoms. The van der Waals surface area contributed by atoms with Crippen LogP contribution in [0.2, 0.25) is 0 Å². The minimum Gasteiger partial charge on any atom is -0.325 e. The molecule has 0 bridgehead atoms. The van der Waals surface area contributed by atoms with E-state index in [1.807, 2.05) is 6.92 Å². The van der Waals surface area contributed by atoms with Gasteiger partial charge in [0.1, 0.15) is 6.54 Å². The lowest BCUT2D eigenvalue weighted by Crippen LogP contribution is -2.39. The molecule has 0 aliphatic rings. The molecule has 0 aromatic heterocycles. The minimum atomic E-state index is -3.19. The van der Waals surface area contributed by atoms with Gasteiger partial charge in [-0.3, -0.25) is 0 Å². The second-order valence-corrected chi connectivity index (χ2v) is 12.6. The highest BCUT2D eigenvalue weighted by molar-refractivity contribution is 8.29. The van der Waals surface area contributed by atoms with E-state index in [-0.39, 0.29) is 0 Å². The number of benzene rings is 2. The molecule has 1 N–H and O–H groups in total. The van der Waals surface area contributed by atoms with E-state index in [4.69, 9.17) is 4.55 Å². The van der Waals surface area contributed by atoms with Crippen molar-refractivity contribution in [3.8, 4) is 0 Å². The highest BCUT2D eigenvalue weighted by atomic mass is 32.8. The molecule has 0 fully saturated rings. The first-order chi connectivity index (χ1) is 15.6. The fraction of sp³-hybridized carbons (Fsp3) is 0.571. The van der Waals surface area contributed by atoms with Gasteiger partial charge in [-0.15, -0.1) is 0 Å². The average molecular weight is 493 g/mol. The summed E-state index contributed by atoms with van der Waals surface area (Å²) < 4.78 is 20.9. The Morgan fingerprint density at radius 3 is 1.76 bits per heavy atom. The van der Waals surface area contributed by atoms with Gasteiger partial charge in [-0.25, -0.2) is 4.21 Å². The van der Waals surface area contributed by atoms with Gasteiger partial charge in [-0.1, -0.05) is 106 Å². The Hall–Kier alpha value is -1.27. The molecule has 0 aliphatic carbocycles. The standard InChI is InChI=1S/C21H38N.C7H8O2S2/c1-4-5-6-7-8-9-10-11-12-16-19-22(2,3)20-21-17-14-13-15-18-21;1-6-2-4-7(5-3-6)11(8,9)10/h13-15,17-18H,4-12,16,19-20H2,1-3H3;2-5H,1H3,(H,8,9,10)/q+1;. The second-order valence-electron chi connectivity index (χ2n) is 9.77. The summed E-state index contributed by atoms with van der Waals surface area (Å²) in [6, 6.07) is 17.6. The van der Waals surface area contributed by atoms with Crippen LogP contribution in [0.25, 0.3) is 0 Å². The highest BCUT2D eigenvalue weighted by Gasteiger charge is 2.14. The number of aryl methyl sites for hydroxylation is 1. The molecule has 2 aromatic rings. The molecule has 0 heterocycles. The van der Waals surface area contributed by atoms with Crippen molar-refractivity contribution in [1.29, 1.82) is 0 Å². The van der Waals surface area contributed by atoms with Crippen LogP contribution in [0.15, 0.2) is 59.5 Å². The molecular formula is C28H46NO2S2+. The molecule has 2 aromatic carbocycles. The summed E-state index contributed by atoms with van der Waals surface area (Å²) in [4.78, 5) is 0.304. The van der Waals surface area contributed by atoms with E-state index in [0.29, 0.717) is 4.90 Å². The Morgan fingerprint density at radius 2 is 1.27 bits per heavy atom. The van der Waals surface area contributed by atoms with Crippen LogP contribution in [0.4, 0.5) is 0 Å². The summed E-state index contributed by atoms with van der Waals surface area (Å²) in [6.07, 6.45) is 14.2. The number of hydrogen-bond acceptors (Lipinski definition) is 2. The van der Waals surface area contributed by atoms with Crippen LogP contribution in [-0.4, -0.2) is 33.9 Å². The lowest BCUT2D eigenvalue weighted by molar-refractivity contribution is -0.903. The maximum absolute atomic E-state index is 10.9. The van der Waals surface area contributed by atoms with Crippen molar-refractivity contribution in [2.45, 2.75) is 89.5 Å². The number of quaternary nitrogens is 1. The molecular weight excluding hydrogens is 446 g/mol. The van der Waals surface area contributed by atoms with Crippen LogP contribution in [0.1, 0.15) is 82.3 Å². The lowest BCUT2D eigenvalue weighted by Gasteiger charge is -2.30. The van der Waals surface area contributed by atoms with E-state index in [2.05, 4.69) is 62.5 Å². The normalized spacial score (nSPS) is 13.1. The first-order valence-corrected chi connectivity index (χ1v) is 15.0. The Bertz CT molecular complexity index is 847. The third-order valence-corrected chi connectivity index (χ3v) is 7.33. The van der Waals surface area contributed by atoms with Gasteiger partial charge in [-0.2, -0.15) is 0 Å². The van der Waals surface area contributed by atoms with Gasteiger partial charge in [-0.05, 0) is 31.9 Å². The van der Waals surface area contributed by atoms with Gasteiger partial charge in [0.2, 0.25) is 0 Å². The zero-order valence-electron chi connectivity index (χ0n) is 21.3. The predicted molar refractivity (Wildman–Crippen MR) is 147 cm³/mol. The Kier molecular flexibility index (Phi) is 14.8. The van der Waals surface area contributed by atoms with Crippen LogP contribution < -0.4 is 0 Å². The number of unbranched alkanes of at least 4 members (excludes halogenated alkanes) is 9. The SMILES string of the molecule is CCCCCCCCCCCC[N+](C)(C)Cc1ccccc1.Cc1ccc(S(=O)(O)=S)cc1. The van der Waals surface area contributed by atoms with Crippen molar-refractivity contribution in [2.75, 3.05) is 20.6 Å². The first-order valence-electron chi connectivity index (χ1n) is 12.5. The van der Waals surface area contributed by atoms with Gasteiger partial charge >= 0.3 is 0 Å². The molecule has 1 unspecified atom stereocenters. The molecule has 0 saturated carbocycles. The molecule has 0 saturated heterocycles. The fourth-order valence-corrected chi connectivity index (χ4v) is 4.71. The molecule has 5 heteroatoms. The number of rotatable bonds is 14. The monoisotopic (exact) mass is 492 g/mol. The van der Waals surface area contributed by atoms with Crippen LogP contribution in [0.5, 0.6) is 0 Å². The zero-order chi connectivity index (χ0) is 24.6. The highest BCUT2D eigenvalue weighted by Crippen LogP contribution is 2.14. The van der Waals surface area contributed by atoms with Gasteiger partial charge in [0, 0.05) is 16.8 Å². The predicted octanol–water partition coefficient (Wildman–Crippen LogP) is 7.76. The van der Waals surface area contributed by atoms with Crippen LogP contribution >= 0.6 is 0 Å². The summed E-state index contributed by atoms with van der Waals surface area (Å²) in [5.41, 5.74) is 2.51. The second kappa shape index (κ2) is 16.4. The van der Waals surface area contributed by atoms with Gasteiger partial charge in [0.05, 0.1) is 25.5 Å². The largest absolute Gasteiger partial charge is 0.325 e. The van der Waals surface area contributed by atoms with Crippen molar-refractivity contribution in [2.24, 2.45) is 0 Å². The summed E-state index contributed by atoms with van der Waals surface area (Å²) in [5.74, 6) is 0. The third-order valence-electron chi connectivity index (χ3n) is 5.89. The minimum absolute atomic E-state index is 0.304. The average Bonchev–Trinajstić information content (AvgIpc) is 2.75. The Labute approximate surface area is 208 Å². The Balaban J connectivity index is 0.000000412. The van der Waals surface area contributed by atoms with Crippen molar-refractivity contribution in [3.63, 3.8) is 0 Å². The van der Waals surface area contributed by atoms with Gasteiger partial charge < -0.3 is 9.04 Å². The summed E-state index contributed by atoms with van der Waals surface area (Å²) in [6.45, 7) is 6.65. The number of hydrogen-bond donors (Lipinski definition) is 1. The fourth-order valence-electron chi connectivity index (χ4n) is 3.89. The van der Waals surface area contributed by atoms with Crippen molar-refractivity contribution in [1.82, 2.24) is 0 Å². The first kappa shape index (κ1) is 29.8. The molecule has 0 radical (unpaired) electrons. The molecule has 0 aliphatic heterocycles. The summed E-state index contributed by atoms with van der Waals surface area (Å²) in [7, 11) is 1.54. The number of nitrogens with zero attached hydrogens (tertiary/aromatic N) is 1. The van der Waals surface area contributed by atoms with Crippen LogP contribution in [0.3, 0.4) is 0 Å². The van der Waals surface area contributed by atoms with Gasteiger partial charge in [0.15, 0.2) is 8.77 Å². The quantitative estimate of drug-likeness (QED) is 0.216. The van der Waals surface area contributed by atoms with Crippen LogP contribution in [0, 0.1) is 6.92 Å². The Morgan fingerprint density at radius 1 is 0.788 bits per heavy atom. The molecule has 1 atom stereocenters. The summed E-state index contributed by atoms with van der Waals surface area (Å²) >= 11 is 4.38. The molecule has 0 amide bonds.